The average Bonchev–Trinajstić information content (AvgIpc) is 3.53. The summed E-state index contributed by atoms with van der Waals surface area (Å²) in [5.74, 6) is -2.49. The van der Waals surface area contributed by atoms with Crippen LogP contribution in [0.3, 0.4) is 0 Å². The number of likely N-dealkylation sites (tertiary alicyclic amines) is 1. The topological polar surface area (TPSA) is 170 Å². The lowest BCUT2D eigenvalue weighted by molar-refractivity contribution is -0.139. The van der Waals surface area contributed by atoms with Crippen molar-refractivity contribution in [1.82, 2.24) is 25.8 Å². The second-order valence-corrected chi connectivity index (χ2v) is 11.6. The number of nitrogens with one attached hydrogen (secondary N) is 3. The van der Waals surface area contributed by atoms with Gasteiger partial charge in [-0.3, -0.25) is 24.0 Å². The fourth-order valence-electron chi connectivity index (χ4n) is 5.16. The monoisotopic (exact) mass is 593 g/mol. The number of rotatable bonds is 13. The van der Waals surface area contributed by atoms with E-state index >= 15 is 0 Å². The fourth-order valence-corrected chi connectivity index (χ4v) is 5.16. The Bertz CT molecular complexity index is 1350. The zero-order valence-corrected chi connectivity index (χ0v) is 24.7. The Morgan fingerprint density at radius 3 is 2.42 bits per heavy atom. The Balaban J connectivity index is 1.44. The lowest BCUT2D eigenvalue weighted by Gasteiger charge is -2.28. The van der Waals surface area contributed by atoms with Crippen molar-refractivity contribution in [3.8, 4) is 5.88 Å². The van der Waals surface area contributed by atoms with Crippen LogP contribution >= 0.6 is 0 Å². The summed E-state index contributed by atoms with van der Waals surface area (Å²) in [6.07, 6.45) is 1.57. The molecule has 4 amide bonds. The highest BCUT2D eigenvalue weighted by Crippen LogP contribution is 2.29. The van der Waals surface area contributed by atoms with Gasteiger partial charge in [0, 0.05) is 19.0 Å². The molecule has 1 aromatic carbocycles. The molecule has 0 spiro atoms. The zero-order valence-electron chi connectivity index (χ0n) is 24.7. The standard InChI is InChI=1S/C31H39N5O7/c1-19(2)15-22(27(39)31(3)18-43-31)34-29(41)23(16-20-9-5-4-6-10-20)35-30(42)24-12-8-14-36(24)26(38)17-32-28(40)21-11-7-13-25(37)33-21/h4-7,9-11,13,19,22-24H,8,12,14-18H2,1-3H3,(H,32,40)(H,33,37)(H,34,41)(H,35,42)/t22?,23-,24-,31+/m0/s1. The summed E-state index contributed by atoms with van der Waals surface area (Å²) in [5.41, 5.74) is -0.146. The molecular weight excluding hydrogens is 554 g/mol. The van der Waals surface area contributed by atoms with E-state index in [9.17, 15) is 29.1 Å². The van der Waals surface area contributed by atoms with Crippen molar-refractivity contribution >= 4 is 29.4 Å². The van der Waals surface area contributed by atoms with Crippen LogP contribution in [0.5, 0.6) is 5.88 Å². The molecule has 4 atom stereocenters. The van der Waals surface area contributed by atoms with Gasteiger partial charge >= 0.3 is 0 Å². The Morgan fingerprint density at radius 2 is 1.77 bits per heavy atom. The van der Waals surface area contributed by atoms with Crippen LogP contribution in [0.1, 0.15) is 56.1 Å². The van der Waals surface area contributed by atoms with E-state index < -0.39 is 47.4 Å². The minimum absolute atomic E-state index is 0.0465. The largest absolute Gasteiger partial charge is 0.493 e. The highest BCUT2D eigenvalue weighted by molar-refractivity contribution is 5.99. The Labute approximate surface area is 250 Å². The average molecular weight is 594 g/mol. The summed E-state index contributed by atoms with van der Waals surface area (Å²) in [5, 5.41) is 17.7. The van der Waals surface area contributed by atoms with Crippen LogP contribution in [0.4, 0.5) is 0 Å². The summed E-state index contributed by atoms with van der Waals surface area (Å²) in [6, 6.07) is 10.8. The molecule has 2 fully saturated rings. The van der Waals surface area contributed by atoms with Crippen molar-refractivity contribution < 1.29 is 33.8 Å². The second kappa shape index (κ2) is 13.8. The lowest BCUT2D eigenvalue weighted by Crippen LogP contribution is -2.57. The number of epoxide rings is 1. The number of Topliss-reactive ketones (excluding diaryl/α,β-unsaturated/α-hetero) is 1. The predicted octanol–water partition coefficient (Wildman–Crippen LogP) is 1.12. The molecule has 43 heavy (non-hydrogen) atoms. The second-order valence-electron chi connectivity index (χ2n) is 11.6. The van der Waals surface area contributed by atoms with E-state index in [0.717, 1.165) is 5.56 Å². The number of hydrogen-bond donors (Lipinski definition) is 4. The summed E-state index contributed by atoms with van der Waals surface area (Å²) < 4.78 is 5.34. The zero-order chi connectivity index (χ0) is 31.1. The number of aromatic nitrogens is 1. The van der Waals surface area contributed by atoms with E-state index in [0.29, 0.717) is 32.4 Å². The van der Waals surface area contributed by atoms with Crippen molar-refractivity contribution in [3.63, 3.8) is 0 Å². The van der Waals surface area contributed by atoms with Gasteiger partial charge in [0.25, 0.3) is 5.91 Å². The number of aromatic hydroxyl groups is 1. The maximum Gasteiger partial charge on any atom is 0.270 e. The number of benzene rings is 1. The Hall–Kier alpha value is -4.32. The van der Waals surface area contributed by atoms with E-state index in [1.54, 1.807) is 6.92 Å². The van der Waals surface area contributed by atoms with Crippen molar-refractivity contribution in [2.75, 3.05) is 19.7 Å². The van der Waals surface area contributed by atoms with Gasteiger partial charge in [0.2, 0.25) is 23.6 Å². The van der Waals surface area contributed by atoms with E-state index in [4.69, 9.17) is 4.74 Å². The van der Waals surface area contributed by atoms with Crippen molar-refractivity contribution in [2.24, 2.45) is 5.92 Å². The number of nitrogens with zero attached hydrogens (tertiary/aromatic N) is 2. The molecule has 4 N–H and O–H groups in total. The number of ketones is 1. The molecule has 4 rings (SSSR count). The number of carbonyl (C=O) groups excluding carboxylic acids is 5. The smallest absolute Gasteiger partial charge is 0.270 e. The lowest BCUT2D eigenvalue weighted by atomic mass is 9.93. The van der Waals surface area contributed by atoms with Gasteiger partial charge in [-0.2, -0.15) is 0 Å². The summed E-state index contributed by atoms with van der Waals surface area (Å²) in [7, 11) is 0. The van der Waals surface area contributed by atoms with Crippen LogP contribution in [0.2, 0.25) is 0 Å². The van der Waals surface area contributed by atoms with Crippen LogP contribution < -0.4 is 16.0 Å². The summed E-state index contributed by atoms with van der Waals surface area (Å²) in [4.78, 5) is 70.8. The van der Waals surface area contributed by atoms with Gasteiger partial charge in [-0.15, -0.1) is 0 Å². The summed E-state index contributed by atoms with van der Waals surface area (Å²) in [6.45, 7) is 5.87. The van der Waals surface area contributed by atoms with E-state index in [-0.39, 0.29) is 36.2 Å². The van der Waals surface area contributed by atoms with Crippen LogP contribution in [0, 0.1) is 5.92 Å². The number of pyridine rings is 1. The molecule has 2 saturated heterocycles. The third-order valence-electron chi connectivity index (χ3n) is 7.60. The quantitative estimate of drug-likeness (QED) is 0.250. The van der Waals surface area contributed by atoms with E-state index in [2.05, 4.69) is 20.9 Å². The Morgan fingerprint density at radius 1 is 1.05 bits per heavy atom. The molecular formula is C31H39N5O7. The first-order valence-electron chi connectivity index (χ1n) is 14.5. The highest BCUT2D eigenvalue weighted by atomic mass is 16.6. The normalized spacial score (nSPS) is 20.7. The molecule has 0 radical (unpaired) electrons. The Kier molecular flexibility index (Phi) is 10.1. The molecule has 2 aliphatic rings. The molecule has 12 heteroatoms. The van der Waals surface area contributed by atoms with Gasteiger partial charge < -0.3 is 30.7 Å². The minimum atomic E-state index is -1.00. The molecule has 0 saturated carbocycles. The van der Waals surface area contributed by atoms with Crippen LogP contribution in [0.25, 0.3) is 0 Å². The minimum Gasteiger partial charge on any atom is -0.493 e. The summed E-state index contributed by atoms with van der Waals surface area (Å²) >= 11 is 0. The molecule has 2 aromatic rings. The molecule has 12 nitrogen and oxygen atoms in total. The van der Waals surface area contributed by atoms with Crippen LogP contribution in [-0.2, 0) is 30.3 Å². The van der Waals surface area contributed by atoms with Crippen molar-refractivity contribution in [3.05, 3.63) is 59.8 Å². The SMILES string of the molecule is CC(C)CC(NC(=O)[C@H](Cc1ccccc1)NC(=O)[C@@H]1CCCN1C(=O)CNC(=O)c1cccc(O)n1)C(=O)[C@@]1(C)CO1. The van der Waals surface area contributed by atoms with E-state index in [1.165, 1.54) is 23.1 Å². The van der Waals surface area contributed by atoms with Gasteiger partial charge in [-0.25, -0.2) is 4.98 Å². The maximum absolute atomic E-state index is 13.6. The molecule has 2 aliphatic heterocycles. The molecule has 0 bridgehead atoms. The fraction of sp³-hybridized carbons (Fsp3) is 0.484. The molecule has 230 valence electrons. The molecule has 0 aliphatic carbocycles. The van der Waals surface area contributed by atoms with Gasteiger partial charge in [0.1, 0.15) is 23.4 Å². The van der Waals surface area contributed by atoms with E-state index in [1.807, 2.05) is 44.2 Å². The first-order valence-corrected chi connectivity index (χ1v) is 14.5. The van der Waals surface area contributed by atoms with Crippen molar-refractivity contribution in [2.45, 2.75) is 70.2 Å². The first-order chi connectivity index (χ1) is 20.5. The molecule has 1 aromatic heterocycles. The third kappa shape index (κ3) is 8.38. The highest BCUT2D eigenvalue weighted by Gasteiger charge is 2.50. The molecule has 3 heterocycles. The third-order valence-corrected chi connectivity index (χ3v) is 7.60. The first kappa shape index (κ1) is 31.6. The van der Waals surface area contributed by atoms with Gasteiger partial charge in [0.05, 0.1) is 19.2 Å². The van der Waals surface area contributed by atoms with Gasteiger partial charge in [-0.1, -0.05) is 50.2 Å². The number of ether oxygens (including phenoxy) is 1. The van der Waals surface area contributed by atoms with Crippen LogP contribution in [-0.4, -0.2) is 87.8 Å². The van der Waals surface area contributed by atoms with Gasteiger partial charge in [-0.05, 0) is 43.7 Å². The van der Waals surface area contributed by atoms with Crippen LogP contribution in [0.15, 0.2) is 48.5 Å². The van der Waals surface area contributed by atoms with Crippen molar-refractivity contribution in [1.29, 1.82) is 0 Å². The number of hydrogen-bond acceptors (Lipinski definition) is 8. The number of amides is 4. The predicted molar refractivity (Wildman–Crippen MR) is 156 cm³/mol. The molecule has 1 unspecified atom stereocenters. The number of carbonyl (C=O) groups is 5. The van der Waals surface area contributed by atoms with Gasteiger partial charge in [0.15, 0.2) is 5.78 Å². The maximum atomic E-state index is 13.6.